The predicted molar refractivity (Wildman–Crippen MR) is 97.6 cm³/mol. The molecule has 7 N–H and O–H groups in total. The number of benzene rings is 1. The molecule has 0 saturated heterocycles. The van der Waals surface area contributed by atoms with Gasteiger partial charge in [0.2, 0.25) is 6.41 Å². The summed E-state index contributed by atoms with van der Waals surface area (Å²) in [7, 11) is 0. The van der Waals surface area contributed by atoms with Gasteiger partial charge in [0.1, 0.15) is 18.6 Å². The Hall–Kier alpha value is -3.11. The summed E-state index contributed by atoms with van der Waals surface area (Å²) in [5.74, 6) is -0.967. The second kappa shape index (κ2) is 10.1. The number of carbonyl (C=O) groups excluding carboxylic acids is 1. The van der Waals surface area contributed by atoms with Crippen molar-refractivity contribution in [3.63, 3.8) is 0 Å². The highest BCUT2D eigenvalue weighted by Crippen LogP contribution is 2.22. The minimum atomic E-state index is -1.50. The summed E-state index contributed by atoms with van der Waals surface area (Å²) in [4.78, 5) is 11.9. The number of aliphatic hydroxyl groups excluding tert-OH is 5. The van der Waals surface area contributed by atoms with Gasteiger partial charge in [-0.3, -0.25) is 5.32 Å². The fourth-order valence-corrected chi connectivity index (χ4v) is 1.86. The van der Waals surface area contributed by atoms with E-state index in [-0.39, 0.29) is 0 Å². The zero-order chi connectivity index (χ0) is 20.6. The van der Waals surface area contributed by atoms with E-state index < -0.39 is 36.2 Å². The van der Waals surface area contributed by atoms with E-state index in [1.54, 1.807) is 19.1 Å². The third-order valence-corrected chi connectivity index (χ3v) is 3.48. The number of ether oxygens (including phenoxy) is 2. The smallest absolute Gasteiger partial charge is 0.412 e. The van der Waals surface area contributed by atoms with Crippen molar-refractivity contribution in [2.45, 2.75) is 39.4 Å². The number of amides is 1. The van der Waals surface area contributed by atoms with Gasteiger partial charge in [0.05, 0.1) is 0 Å². The van der Waals surface area contributed by atoms with Crippen LogP contribution in [0.1, 0.15) is 19.4 Å². The molecule has 1 aromatic rings. The van der Waals surface area contributed by atoms with Crippen molar-refractivity contribution >= 4 is 17.5 Å². The summed E-state index contributed by atoms with van der Waals surface area (Å²) in [5, 5.41) is 50.9. The molecule has 0 heterocycles. The Morgan fingerprint density at radius 2 is 1.70 bits per heavy atom. The van der Waals surface area contributed by atoms with E-state index >= 15 is 0 Å². The maximum absolute atomic E-state index is 11.9. The summed E-state index contributed by atoms with van der Waals surface area (Å²) >= 11 is 0. The van der Waals surface area contributed by atoms with Crippen LogP contribution in [0.2, 0.25) is 0 Å². The van der Waals surface area contributed by atoms with Gasteiger partial charge in [0, 0.05) is 11.4 Å². The Labute approximate surface area is 156 Å². The zero-order valence-corrected chi connectivity index (χ0v) is 15.1. The largest absolute Gasteiger partial charge is 0.512 e. The molecule has 0 radical (unpaired) electrons. The zero-order valence-electron chi connectivity index (χ0n) is 15.1. The van der Waals surface area contributed by atoms with E-state index in [0.29, 0.717) is 29.5 Å². The van der Waals surface area contributed by atoms with Gasteiger partial charge in [0.15, 0.2) is 17.6 Å². The molecule has 3 atom stereocenters. The van der Waals surface area contributed by atoms with Gasteiger partial charge in [-0.1, -0.05) is 6.07 Å². The Morgan fingerprint density at radius 3 is 2.30 bits per heavy atom. The molecule has 10 nitrogen and oxygen atoms in total. The molecule has 0 saturated carbocycles. The molecule has 0 bridgehead atoms. The predicted octanol–water partition coefficient (Wildman–Crippen LogP) is 2.94. The fraction of sp³-hybridized carbons (Fsp3) is 0.353. The molecular formula is C17H24N2O8. The first-order chi connectivity index (χ1) is 12.7. The van der Waals surface area contributed by atoms with Crippen LogP contribution in [0.15, 0.2) is 42.2 Å². The quantitative estimate of drug-likeness (QED) is 0.264. The van der Waals surface area contributed by atoms with Crippen molar-refractivity contribution < 1.29 is 39.8 Å². The monoisotopic (exact) mass is 384 g/mol. The number of aliphatic hydroxyl groups is 5. The lowest BCUT2D eigenvalue weighted by atomic mass is 10.2. The van der Waals surface area contributed by atoms with Crippen molar-refractivity contribution in [3.8, 4) is 0 Å². The number of hydrogen-bond acceptors (Lipinski definition) is 9. The molecule has 10 heteroatoms. The van der Waals surface area contributed by atoms with Crippen LogP contribution < -0.4 is 10.6 Å². The van der Waals surface area contributed by atoms with Crippen molar-refractivity contribution in [2.24, 2.45) is 0 Å². The van der Waals surface area contributed by atoms with E-state index in [1.165, 1.54) is 19.9 Å². The molecule has 27 heavy (non-hydrogen) atoms. The normalized spacial score (nSPS) is 15.6. The maximum atomic E-state index is 11.9. The van der Waals surface area contributed by atoms with Crippen LogP contribution in [-0.2, 0) is 9.47 Å². The van der Waals surface area contributed by atoms with Crippen LogP contribution in [0.25, 0.3) is 0 Å². The summed E-state index contributed by atoms with van der Waals surface area (Å²) in [6.45, 7) is 4.52. The lowest BCUT2D eigenvalue weighted by molar-refractivity contribution is -0.110. The molecule has 1 amide bonds. The third-order valence-electron chi connectivity index (χ3n) is 3.48. The van der Waals surface area contributed by atoms with Gasteiger partial charge in [-0.25, -0.2) is 4.79 Å². The van der Waals surface area contributed by atoms with E-state index in [1.807, 2.05) is 0 Å². The molecule has 1 aromatic carbocycles. The lowest BCUT2D eigenvalue weighted by Gasteiger charge is -2.20. The van der Waals surface area contributed by atoms with Crippen molar-refractivity contribution in [2.75, 3.05) is 10.6 Å². The average molecular weight is 384 g/mol. The van der Waals surface area contributed by atoms with E-state index in [4.69, 9.17) is 19.7 Å². The van der Waals surface area contributed by atoms with Gasteiger partial charge in [-0.2, -0.15) is 0 Å². The Bertz CT molecular complexity index is 704. The first-order valence-corrected chi connectivity index (χ1v) is 7.92. The van der Waals surface area contributed by atoms with Gasteiger partial charge >= 0.3 is 6.09 Å². The topological polar surface area (TPSA) is 161 Å². The molecule has 0 spiro atoms. The van der Waals surface area contributed by atoms with Crippen molar-refractivity contribution in [1.29, 1.82) is 0 Å². The number of carbonyl (C=O) groups is 1. The molecule has 0 fully saturated rings. The second-order valence-corrected chi connectivity index (χ2v) is 5.59. The first-order valence-electron chi connectivity index (χ1n) is 7.92. The van der Waals surface area contributed by atoms with Gasteiger partial charge in [-0.05, 0) is 38.5 Å². The van der Waals surface area contributed by atoms with Gasteiger partial charge < -0.3 is 40.3 Å². The number of nitrogens with one attached hydrogen (secondary N) is 2. The molecule has 0 aliphatic heterocycles. The average Bonchev–Trinajstić information content (AvgIpc) is 2.62. The summed E-state index contributed by atoms with van der Waals surface area (Å²) in [5.41, 5.74) is 1.44. The minimum Gasteiger partial charge on any atom is -0.512 e. The van der Waals surface area contributed by atoms with E-state index in [9.17, 15) is 20.1 Å². The standard InChI is InChI=1S/C17H24N2O8/c1-9-4-5-12(18-16(24)26-10(2)14(22)7-20)6-13(9)19-17(25)27-11(3)15(23)8-21/h4-8,10-11,16,18,20-24H,1-3H3,(H,19,25)/b14-7-,15-8-. The highest BCUT2D eigenvalue weighted by molar-refractivity contribution is 5.86. The fourth-order valence-electron chi connectivity index (χ4n) is 1.86. The van der Waals surface area contributed by atoms with Crippen LogP contribution in [0.4, 0.5) is 16.2 Å². The summed E-state index contributed by atoms with van der Waals surface area (Å²) in [6, 6.07) is 4.78. The first kappa shape index (κ1) is 21.9. The van der Waals surface area contributed by atoms with E-state index in [0.717, 1.165) is 0 Å². The van der Waals surface area contributed by atoms with Crippen LogP contribution in [-0.4, -0.2) is 50.2 Å². The molecule has 0 aliphatic carbocycles. The van der Waals surface area contributed by atoms with Crippen LogP contribution in [0.3, 0.4) is 0 Å². The summed E-state index contributed by atoms with van der Waals surface area (Å²) < 4.78 is 9.94. The highest BCUT2D eigenvalue weighted by Gasteiger charge is 2.16. The van der Waals surface area contributed by atoms with Crippen LogP contribution in [0.5, 0.6) is 0 Å². The van der Waals surface area contributed by atoms with Crippen LogP contribution >= 0.6 is 0 Å². The number of rotatable bonds is 8. The van der Waals surface area contributed by atoms with Crippen molar-refractivity contribution in [1.82, 2.24) is 0 Å². The minimum absolute atomic E-state index is 0.364. The Morgan fingerprint density at radius 1 is 1.11 bits per heavy atom. The molecular weight excluding hydrogens is 360 g/mol. The Balaban J connectivity index is 2.75. The molecule has 0 aromatic heterocycles. The van der Waals surface area contributed by atoms with E-state index in [2.05, 4.69) is 10.6 Å². The molecule has 3 unspecified atom stereocenters. The molecule has 150 valence electrons. The van der Waals surface area contributed by atoms with Gasteiger partial charge in [0.25, 0.3) is 0 Å². The molecule has 1 rings (SSSR count). The third kappa shape index (κ3) is 6.96. The second-order valence-electron chi connectivity index (χ2n) is 5.59. The SMILES string of the molecule is Cc1ccc(NC(O)OC(C)/C(O)=C/O)cc1NC(=O)OC(C)/C(O)=C/O. The van der Waals surface area contributed by atoms with Crippen LogP contribution in [0, 0.1) is 6.92 Å². The maximum Gasteiger partial charge on any atom is 0.412 e. The lowest BCUT2D eigenvalue weighted by Crippen LogP contribution is -2.28. The number of aryl methyl sites for hydroxylation is 1. The van der Waals surface area contributed by atoms with Crippen molar-refractivity contribution in [3.05, 3.63) is 47.8 Å². The number of hydrogen-bond donors (Lipinski definition) is 7. The molecule has 0 aliphatic rings. The summed E-state index contributed by atoms with van der Waals surface area (Å²) in [6.07, 6.45) is -3.47. The highest BCUT2D eigenvalue weighted by atomic mass is 16.6. The number of anilines is 2. The Kier molecular flexibility index (Phi) is 8.24. The van der Waals surface area contributed by atoms with Gasteiger partial charge in [-0.15, -0.1) is 0 Å².